The Balaban J connectivity index is 1.73. The fourth-order valence-corrected chi connectivity index (χ4v) is 2.98. The van der Waals surface area contributed by atoms with E-state index in [1.807, 2.05) is 31.2 Å². The van der Waals surface area contributed by atoms with Crippen molar-refractivity contribution in [2.45, 2.75) is 19.9 Å². The standard InChI is InChI=1S/C14H13ClN4OS/c1-9-5-13(20)19(18-9)11-4-2-3-10(6-11)16-7-12-8-17-14(15)21-12/h2-4,6,8,16H,5,7H2,1H3. The minimum absolute atomic E-state index is 0.00103. The number of carbonyl (C=O) groups is 1. The summed E-state index contributed by atoms with van der Waals surface area (Å²) in [5.41, 5.74) is 2.52. The summed E-state index contributed by atoms with van der Waals surface area (Å²) >= 11 is 7.25. The van der Waals surface area contributed by atoms with E-state index < -0.39 is 0 Å². The Morgan fingerprint density at radius 2 is 2.33 bits per heavy atom. The minimum atomic E-state index is -0.00103. The quantitative estimate of drug-likeness (QED) is 0.937. The van der Waals surface area contributed by atoms with Crippen LogP contribution in [0.2, 0.25) is 4.47 Å². The molecule has 0 unspecified atom stereocenters. The molecule has 5 nitrogen and oxygen atoms in total. The van der Waals surface area contributed by atoms with Crippen LogP contribution < -0.4 is 10.3 Å². The summed E-state index contributed by atoms with van der Waals surface area (Å²) in [5, 5.41) is 8.99. The first-order valence-electron chi connectivity index (χ1n) is 6.43. The van der Waals surface area contributed by atoms with Crippen molar-refractivity contribution in [1.82, 2.24) is 4.98 Å². The number of aromatic nitrogens is 1. The molecule has 21 heavy (non-hydrogen) atoms. The molecular formula is C14H13ClN4OS. The van der Waals surface area contributed by atoms with E-state index in [-0.39, 0.29) is 5.91 Å². The highest BCUT2D eigenvalue weighted by Gasteiger charge is 2.22. The Kier molecular flexibility index (Phi) is 3.90. The lowest BCUT2D eigenvalue weighted by atomic mass is 10.2. The van der Waals surface area contributed by atoms with Gasteiger partial charge in [0.05, 0.1) is 18.7 Å². The normalized spacial score (nSPS) is 14.5. The van der Waals surface area contributed by atoms with Crippen molar-refractivity contribution in [2.24, 2.45) is 5.10 Å². The summed E-state index contributed by atoms with van der Waals surface area (Å²) in [4.78, 5) is 16.9. The van der Waals surface area contributed by atoms with Crippen LogP contribution in [-0.2, 0) is 11.3 Å². The fourth-order valence-electron chi connectivity index (χ4n) is 2.06. The van der Waals surface area contributed by atoms with Crippen molar-refractivity contribution in [3.05, 3.63) is 39.8 Å². The molecule has 0 fully saturated rings. The largest absolute Gasteiger partial charge is 0.380 e. The minimum Gasteiger partial charge on any atom is -0.380 e. The Morgan fingerprint density at radius 3 is 3.00 bits per heavy atom. The topological polar surface area (TPSA) is 57.6 Å². The highest BCUT2D eigenvalue weighted by atomic mass is 35.5. The molecule has 0 radical (unpaired) electrons. The van der Waals surface area contributed by atoms with Crippen LogP contribution in [0.1, 0.15) is 18.2 Å². The predicted molar refractivity (Wildman–Crippen MR) is 86.1 cm³/mol. The van der Waals surface area contributed by atoms with Crippen molar-refractivity contribution in [1.29, 1.82) is 0 Å². The third kappa shape index (κ3) is 3.22. The van der Waals surface area contributed by atoms with Gasteiger partial charge in [0.15, 0.2) is 4.47 Å². The molecule has 2 heterocycles. The van der Waals surface area contributed by atoms with Crippen molar-refractivity contribution in [2.75, 3.05) is 10.3 Å². The van der Waals surface area contributed by atoms with Gasteiger partial charge in [-0.15, -0.1) is 11.3 Å². The van der Waals surface area contributed by atoms with Crippen LogP contribution in [0.3, 0.4) is 0 Å². The third-order valence-corrected chi connectivity index (χ3v) is 4.11. The van der Waals surface area contributed by atoms with E-state index in [4.69, 9.17) is 11.6 Å². The van der Waals surface area contributed by atoms with E-state index in [2.05, 4.69) is 15.4 Å². The first-order chi connectivity index (χ1) is 10.1. The van der Waals surface area contributed by atoms with Crippen LogP contribution in [0.5, 0.6) is 0 Å². The van der Waals surface area contributed by atoms with Gasteiger partial charge in [-0.2, -0.15) is 5.10 Å². The van der Waals surface area contributed by atoms with Gasteiger partial charge in [-0.25, -0.2) is 9.99 Å². The molecule has 0 saturated heterocycles. The van der Waals surface area contributed by atoms with Crippen LogP contribution in [0.15, 0.2) is 35.6 Å². The monoisotopic (exact) mass is 320 g/mol. The number of anilines is 2. The number of benzene rings is 1. The zero-order valence-electron chi connectivity index (χ0n) is 11.3. The molecule has 1 aromatic carbocycles. The number of rotatable bonds is 4. The average molecular weight is 321 g/mol. The maximum Gasteiger partial charge on any atom is 0.253 e. The SMILES string of the molecule is CC1=NN(c2cccc(NCc3cnc(Cl)s3)c2)C(=O)C1. The van der Waals surface area contributed by atoms with Crippen LogP contribution in [-0.4, -0.2) is 16.6 Å². The van der Waals surface area contributed by atoms with Gasteiger partial charge >= 0.3 is 0 Å². The van der Waals surface area contributed by atoms with Gasteiger partial charge in [0.2, 0.25) is 0 Å². The van der Waals surface area contributed by atoms with Crippen LogP contribution in [0.25, 0.3) is 0 Å². The van der Waals surface area contributed by atoms with Crippen molar-refractivity contribution in [3.8, 4) is 0 Å². The highest BCUT2D eigenvalue weighted by molar-refractivity contribution is 7.15. The van der Waals surface area contributed by atoms with Crippen molar-refractivity contribution in [3.63, 3.8) is 0 Å². The van der Waals surface area contributed by atoms with Gasteiger partial charge in [0.1, 0.15) is 0 Å². The molecule has 0 atom stereocenters. The van der Waals surface area contributed by atoms with Crippen molar-refractivity contribution >= 4 is 45.9 Å². The van der Waals surface area contributed by atoms with E-state index in [9.17, 15) is 4.79 Å². The van der Waals surface area contributed by atoms with Gasteiger partial charge in [0, 0.05) is 22.5 Å². The van der Waals surface area contributed by atoms with E-state index in [1.54, 1.807) is 6.20 Å². The average Bonchev–Trinajstić information content (AvgIpc) is 3.02. The summed E-state index contributed by atoms with van der Waals surface area (Å²) in [7, 11) is 0. The molecule has 3 rings (SSSR count). The molecule has 1 amide bonds. The maximum atomic E-state index is 11.8. The van der Waals surface area contributed by atoms with E-state index in [0.29, 0.717) is 17.4 Å². The molecule has 1 aliphatic rings. The summed E-state index contributed by atoms with van der Waals surface area (Å²) in [6.07, 6.45) is 2.14. The molecule has 108 valence electrons. The molecular weight excluding hydrogens is 308 g/mol. The molecule has 1 N–H and O–H groups in total. The molecule has 0 aliphatic carbocycles. The fraction of sp³-hybridized carbons (Fsp3) is 0.214. The van der Waals surface area contributed by atoms with Gasteiger partial charge in [-0.1, -0.05) is 17.7 Å². The Morgan fingerprint density at radius 1 is 1.48 bits per heavy atom. The number of hydrazone groups is 1. The highest BCUT2D eigenvalue weighted by Crippen LogP contribution is 2.25. The molecule has 1 aromatic heterocycles. The second kappa shape index (κ2) is 5.83. The van der Waals surface area contributed by atoms with E-state index >= 15 is 0 Å². The number of nitrogens with one attached hydrogen (secondary N) is 1. The first kappa shape index (κ1) is 14.0. The molecule has 2 aromatic rings. The molecule has 7 heteroatoms. The number of halogens is 1. The number of hydrogen-bond donors (Lipinski definition) is 1. The Labute approximate surface area is 131 Å². The second-order valence-electron chi connectivity index (χ2n) is 4.70. The predicted octanol–water partition coefficient (Wildman–Crippen LogP) is 3.52. The lowest BCUT2D eigenvalue weighted by Crippen LogP contribution is -2.19. The summed E-state index contributed by atoms with van der Waals surface area (Å²) in [6, 6.07) is 7.62. The Bertz CT molecular complexity index is 713. The lowest BCUT2D eigenvalue weighted by Gasteiger charge is -2.13. The second-order valence-corrected chi connectivity index (χ2v) is 6.40. The zero-order valence-corrected chi connectivity index (χ0v) is 12.9. The van der Waals surface area contributed by atoms with Crippen LogP contribution in [0.4, 0.5) is 11.4 Å². The zero-order chi connectivity index (χ0) is 14.8. The number of thiazole rings is 1. The number of carbonyl (C=O) groups excluding carboxylic acids is 1. The summed E-state index contributed by atoms with van der Waals surface area (Å²) < 4.78 is 0.535. The smallest absolute Gasteiger partial charge is 0.253 e. The third-order valence-electron chi connectivity index (χ3n) is 3.00. The first-order valence-corrected chi connectivity index (χ1v) is 7.62. The Hall–Kier alpha value is -1.92. The number of hydrogen-bond acceptors (Lipinski definition) is 5. The number of amides is 1. The summed E-state index contributed by atoms with van der Waals surface area (Å²) in [5.74, 6) is -0.00103. The maximum absolute atomic E-state index is 11.8. The van der Waals surface area contributed by atoms with Gasteiger partial charge < -0.3 is 5.32 Å². The molecule has 1 aliphatic heterocycles. The van der Waals surface area contributed by atoms with Crippen molar-refractivity contribution < 1.29 is 4.79 Å². The van der Waals surface area contributed by atoms with Gasteiger partial charge in [-0.3, -0.25) is 4.79 Å². The number of nitrogens with zero attached hydrogens (tertiary/aromatic N) is 3. The molecule has 0 saturated carbocycles. The molecule has 0 spiro atoms. The van der Waals surface area contributed by atoms with Crippen LogP contribution in [0, 0.1) is 0 Å². The van der Waals surface area contributed by atoms with Crippen LogP contribution >= 0.6 is 22.9 Å². The van der Waals surface area contributed by atoms with E-state index in [1.165, 1.54) is 16.3 Å². The lowest BCUT2D eigenvalue weighted by molar-refractivity contribution is -0.116. The van der Waals surface area contributed by atoms with E-state index in [0.717, 1.165) is 22.0 Å². The summed E-state index contributed by atoms with van der Waals surface area (Å²) in [6.45, 7) is 2.50. The molecule has 0 bridgehead atoms. The van der Waals surface area contributed by atoms with Gasteiger partial charge in [0.25, 0.3) is 5.91 Å². The van der Waals surface area contributed by atoms with Gasteiger partial charge in [-0.05, 0) is 25.1 Å².